The second-order valence-corrected chi connectivity index (χ2v) is 12.4. The van der Waals surface area contributed by atoms with Crippen molar-refractivity contribution in [2.45, 2.75) is 71.0 Å². The summed E-state index contributed by atoms with van der Waals surface area (Å²) in [4.78, 5) is 29.0. The zero-order valence-corrected chi connectivity index (χ0v) is 25.3. The molecule has 0 aliphatic carbocycles. The van der Waals surface area contributed by atoms with Crippen LogP contribution in [0.2, 0.25) is 5.02 Å². The minimum Gasteiger partial charge on any atom is -0.352 e. The van der Waals surface area contributed by atoms with Gasteiger partial charge in [-0.2, -0.15) is 0 Å². The number of hydrogen-bond acceptors (Lipinski definition) is 4. The Morgan fingerprint density at radius 3 is 2.05 bits per heavy atom. The third kappa shape index (κ3) is 7.86. The number of amides is 2. The summed E-state index contributed by atoms with van der Waals surface area (Å²) in [6, 6.07) is 19.7. The Balaban J connectivity index is 2.07. The van der Waals surface area contributed by atoms with Crippen LogP contribution < -0.4 is 9.62 Å². The fourth-order valence-electron chi connectivity index (χ4n) is 4.49. The quantitative estimate of drug-likeness (QED) is 0.289. The molecule has 0 fully saturated rings. The fraction of sp³-hybridized carbons (Fsp3) is 0.355. The fourth-order valence-corrected chi connectivity index (χ4v) is 6.04. The Morgan fingerprint density at radius 2 is 1.50 bits per heavy atom. The first-order chi connectivity index (χ1) is 19.0. The molecule has 9 heteroatoms. The molecule has 0 bridgehead atoms. The molecule has 0 unspecified atom stereocenters. The second-order valence-electron chi connectivity index (χ2n) is 10.1. The van der Waals surface area contributed by atoms with E-state index in [1.54, 1.807) is 54.6 Å². The summed E-state index contributed by atoms with van der Waals surface area (Å²) in [6.45, 7) is 9.12. The van der Waals surface area contributed by atoms with Gasteiger partial charge < -0.3 is 10.2 Å². The first kappa shape index (κ1) is 31.2. The van der Waals surface area contributed by atoms with Gasteiger partial charge in [0.2, 0.25) is 11.8 Å². The number of benzene rings is 3. The topological polar surface area (TPSA) is 86.8 Å². The van der Waals surface area contributed by atoms with Gasteiger partial charge in [-0.3, -0.25) is 13.9 Å². The molecule has 0 aromatic heterocycles. The average Bonchev–Trinajstić information content (AvgIpc) is 2.92. The molecule has 1 N–H and O–H groups in total. The Hall–Kier alpha value is -3.36. The Morgan fingerprint density at radius 1 is 0.900 bits per heavy atom. The summed E-state index contributed by atoms with van der Waals surface area (Å²) in [5.74, 6) is -0.761. The van der Waals surface area contributed by atoms with E-state index >= 15 is 0 Å². The van der Waals surface area contributed by atoms with Crippen LogP contribution in [-0.2, 0) is 26.2 Å². The van der Waals surface area contributed by atoms with Crippen molar-refractivity contribution < 1.29 is 18.0 Å². The molecule has 0 radical (unpaired) electrons. The summed E-state index contributed by atoms with van der Waals surface area (Å²) >= 11 is 6.08. The number of carbonyl (C=O) groups excluding carboxylic acids is 2. The van der Waals surface area contributed by atoms with Gasteiger partial charge in [0.05, 0.1) is 10.6 Å². The van der Waals surface area contributed by atoms with Gasteiger partial charge in [-0.1, -0.05) is 61.8 Å². The van der Waals surface area contributed by atoms with E-state index in [9.17, 15) is 18.0 Å². The molecule has 40 heavy (non-hydrogen) atoms. The Bertz CT molecular complexity index is 1390. The van der Waals surface area contributed by atoms with Gasteiger partial charge in [0, 0.05) is 17.6 Å². The highest BCUT2D eigenvalue weighted by atomic mass is 35.5. The monoisotopic (exact) mass is 583 g/mol. The third-order valence-corrected chi connectivity index (χ3v) is 8.80. The van der Waals surface area contributed by atoms with Crippen LogP contribution in [-0.4, -0.2) is 43.8 Å². The van der Waals surface area contributed by atoms with Gasteiger partial charge in [-0.25, -0.2) is 8.42 Å². The van der Waals surface area contributed by atoms with E-state index in [2.05, 4.69) is 5.32 Å². The van der Waals surface area contributed by atoms with E-state index in [-0.39, 0.29) is 23.4 Å². The molecule has 0 spiro atoms. The number of nitrogens with zero attached hydrogens (tertiary/aromatic N) is 2. The lowest BCUT2D eigenvalue weighted by molar-refractivity contribution is -0.140. The summed E-state index contributed by atoms with van der Waals surface area (Å²) in [5.41, 5.74) is 2.90. The lowest BCUT2D eigenvalue weighted by Crippen LogP contribution is -2.53. The second kappa shape index (κ2) is 13.8. The van der Waals surface area contributed by atoms with Crippen LogP contribution in [0, 0.1) is 13.8 Å². The van der Waals surface area contributed by atoms with Crippen LogP contribution in [0.25, 0.3) is 0 Å². The molecule has 2 amide bonds. The molecule has 3 aromatic rings. The number of anilines is 1. The molecular formula is C31H38ClN3O4S. The number of aryl methyl sites for hydroxylation is 2. The molecule has 0 saturated heterocycles. The van der Waals surface area contributed by atoms with Crippen molar-refractivity contribution in [3.05, 3.63) is 94.5 Å². The number of halogens is 1. The summed E-state index contributed by atoms with van der Waals surface area (Å²) in [5, 5.41) is 3.53. The lowest BCUT2D eigenvalue weighted by Gasteiger charge is -2.34. The number of rotatable bonds is 12. The average molecular weight is 584 g/mol. The molecule has 7 nitrogen and oxygen atoms in total. The van der Waals surface area contributed by atoms with E-state index in [1.807, 2.05) is 40.7 Å². The molecule has 3 rings (SSSR count). The molecular weight excluding hydrogens is 546 g/mol. The standard InChI is InChI=1S/C31H38ClN3O4S/c1-6-24(5)33-31(37)29(7-2)34(20-25-13-15-26(32)16-14-25)30(36)21-35(27-18-22(3)17-23(4)19-27)40(38,39)28-11-9-8-10-12-28/h8-19,24,29H,6-7,20-21H2,1-5H3,(H,33,37)/t24-,29-/m1/s1. The van der Waals surface area contributed by atoms with Gasteiger partial charge >= 0.3 is 0 Å². The van der Waals surface area contributed by atoms with Crippen molar-refractivity contribution in [1.29, 1.82) is 0 Å². The summed E-state index contributed by atoms with van der Waals surface area (Å²) in [6.07, 6.45) is 1.10. The maximum Gasteiger partial charge on any atom is 0.264 e. The number of sulfonamides is 1. The van der Waals surface area contributed by atoms with Crippen LogP contribution in [0.1, 0.15) is 50.3 Å². The Kier molecular flexibility index (Phi) is 10.8. The number of hydrogen-bond donors (Lipinski definition) is 1. The van der Waals surface area contributed by atoms with Gasteiger partial charge in [0.1, 0.15) is 12.6 Å². The largest absolute Gasteiger partial charge is 0.352 e. The number of carbonyl (C=O) groups is 2. The van der Waals surface area contributed by atoms with Crippen molar-refractivity contribution in [1.82, 2.24) is 10.2 Å². The molecule has 0 saturated carbocycles. The Labute approximate surface area is 243 Å². The SMILES string of the molecule is CC[C@@H](C)NC(=O)[C@@H](CC)N(Cc1ccc(Cl)cc1)C(=O)CN(c1cc(C)cc(C)c1)S(=O)(=O)c1ccccc1. The van der Waals surface area contributed by atoms with Crippen molar-refractivity contribution in [2.75, 3.05) is 10.8 Å². The summed E-state index contributed by atoms with van der Waals surface area (Å²) in [7, 11) is -4.10. The van der Waals surface area contributed by atoms with E-state index in [0.29, 0.717) is 17.1 Å². The molecule has 214 valence electrons. The van der Waals surface area contributed by atoms with Gasteiger partial charge in [0.15, 0.2) is 0 Å². The van der Waals surface area contributed by atoms with E-state index in [1.165, 1.54) is 17.0 Å². The van der Waals surface area contributed by atoms with Crippen LogP contribution >= 0.6 is 11.6 Å². The van der Waals surface area contributed by atoms with Crippen molar-refractivity contribution in [3.8, 4) is 0 Å². The highest BCUT2D eigenvalue weighted by Crippen LogP contribution is 2.27. The van der Waals surface area contributed by atoms with Gasteiger partial charge in [-0.05, 0) is 86.7 Å². The lowest BCUT2D eigenvalue weighted by atomic mass is 10.1. The van der Waals surface area contributed by atoms with Crippen LogP contribution in [0.4, 0.5) is 5.69 Å². The zero-order valence-electron chi connectivity index (χ0n) is 23.7. The van der Waals surface area contributed by atoms with E-state index < -0.39 is 28.5 Å². The predicted molar refractivity (Wildman–Crippen MR) is 161 cm³/mol. The molecule has 0 aliphatic heterocycles. The van der Waals surface area contributed by atoms with Gasteiger partial charge in [-0.15, -0.1) is 0 Å². The normalized spacial score (nSPS) is 12.8. The van der Waals surface area contributed by atoms with E-state index in [0.717, 1.165) is 27.4 Å². The van der Waals surface area contributed by atoms with Crippen LogP contribution in [0.15, 0.2) is 77.7 Å². The highest BCUT2D eigenvalue weighted by molar-refractivity contribution is 7.92. The van der Waals surface area contributed by atoms with Crippen molar-refractivity contribution >= 4 is 39.1 Å². The molecule has 3 aromatic carbocycles. The first-order valence-electron chi connectivity index (χ1n) is 13.5. The van der Waals surface area contributed by atoms with Crippen LogP contribution in [0.5, 0.6) is 0 Å². The predicted octanol–water partition coefficient (Wildman–Crippen LogP) is 5.87. The summed E-state index contributed by atoms with van der Waals surface area (Å²) < 4.78 is 29.0. The maximum absolute atomic E-state index is 14.1. The van der Waals surface area contributed by atoms with E-state index in [4.69, 9.17) is 11.6 Å². The maximum atomic E-state index is 14.1. The van der Waals surface area contributed by atoms with Gasteiger partial charge in [0.25, 0.3) is 10.0 Å². The third-order valence-electron chi connectivity index (χ3n) is 6.76. The minimum atomic E-state index is -4.10. The highest BCUT2D eigenvalue weighted by Gasteiger charge is 2.34. The van der Waals surface area contributed by atoms with Crippen LogP contribution in [0.3, 0.4) is 0 Å². The minimum absolute atomic E-state index is 0.0701. The first-order valence-corrected chi connectivity index (χ1v) is 15.3. The smallest absolute Gasteiger partial charge is 0.264 e. The zero-order chi connectivity index (χ0) is 29.4. The molecule has 0 heterocycles. The molecule has 2 atom stereocenters. The number of nitrogens with one attached hydrogen (secondary N) is 1. The van der Waals surface area contributed by atoms with Crippen molar-refractivity contribution in [2.24, 2.45) is 0 Å². The molecule has 0 aliphatic rings. The van der Waals surface area contributed by atoms with Crippen molar-refractivity contribution in [3.63, 3.8) is 0 Å².